The van der Waals surface area contributed by atoms with Crippen molar-refractivity contribution < 1.29 is 8.78 Å². The first-order chi connectivity index (χ1) is 7.63. The maximum absolute atomic E-state index is 13.4. The molecule has 2 saturated heterocycles. The van der Waals surface area contributed by atoms with E-state index in [1.807, 2.05) is 0 Å². The molecule has 0 aromatic rings. The van der Waals surface area contributed by atoms with Crippen LogP contribution in [0.25, 0.3) is 0 Å². The lowest BCUT2D eigenvalue weighted by Gasteiger charge is -2.40. The summed E-state index contributed by atoms with van der Waals surface area (Å²) in [6, 6.07) is 0.551. The Morgan fingerprint density at radius 3 is 2.50 bits per heavy atom. The molecule has 1 atom stereocenters. The van der Waals surface area contributed by atoms with Gasteiger partial charge in [0.05, 0.1) is 5.41 Å². The zero-order valence-corrected chi connectivity index (χ0v) is 9.64. The normalized spacial score (nSPS) is 40.1. The van der Waals surface area contributed by atoms with Gasteiger partial charge in [-0.3, -0.25) is 4.90 Å². The molecule has 0 amide bonds. The minimum atomic E-state index is -2.36. The Hall–Kier alpha value is -0.220. The van der Waals surface area contributed by atoms with Crippen molar-refractivity contribution in [3.63, 3.8) is 0 Å². The summed E-state index contributed by atoms with van der Waals surface area (Å²) in [6.07, 6.45) is 4.09. The molecule has 0 bridgehead atoms. The first kappa shape index (κ1) is 10.9. The van der Waals surface area contributed by atoms with Gasteiger partial charge >= 0.3 is 0 Å². The van der Waals surface area contributed by atoms with Crippen molar-refractivity contribution in [2.45, 2.75) is 44.1 Å². The molecule has 4 heteroatoms. The molecule has 92 valence electrons. The summed E-state index contributed by atoms with van der Waals surface area (Å²) in [6.45, 7) is 3.77. The molecule has 1 unspecified atom stereocenters. The van der Waals surface area contributed by atoms with Gasteiger partial charge in [0.15, 0.2) is 0 Å². The Morgan fingerprint density at radius 1 is 1.19 bits per heavy atom. The second-order valence-electron chi connectivity index (χ2n) is 5.72. The highest BCUT2D eigenvalue weighted by atomic mass is 19.3. The minimum absolute atomic E-state index is 0.140. The van der Waals surface area contributed by atoms with Gasteiger partial charge in [-0.05, 0) is 45.3 Å². The van der Waals surface area contributed by atoms with Crippen LogP contribution in [-0.4, -0.2) is 43.0 Å². The van der Waals surface area contributed by atoms with E-state index in [4.69, 9.17) is 0 Å². The third-order valence-electron chi connectivity index (χ3n) is 4.64. The smallest absolute Gasteiger partial charge is 0.255 e. The maximum Gasteiger partial charge on any atom is 0.255 e. The molecule has 0 radical (unpaired) electrons. The number of rotatable bonds is 1. The summed E-state index contributed by atoms with van der Waals surface area (Å²) in [5.74, 6) is -2.36. The van der Waals surface area contributed by atoms with Crippen molar-refractivity contribution in [2.24, 2.45) is 5.41 Å². The van der Waals surface area contributed by atoms with Crippen molar-refractivity contribution in [1.29, 1.82) is 0 Å². The van der Waals surface area contributed by atoms with Gasteiger partial charge in [0, 0.05) is 19.0 Å². The van der Waals surface area contributed by atoms with Crippen LogP contribution in [0.5, 0.6) is 0 Å². The van der Waals surface area contributed by atoms with Crippen LogP contribution >= 0.6 is 0 Å². The van der Waals surface area contributed by atoms with E-state index >= 15 is 0 Å². The average Bonchev–Trinajstić information content (AvgIpc) is 2.80. The lowest BCUT2D eigenvalue weighted by molar-refractivity contribution is 0.00831. The second kappa shape index (κ2) is 3.64. The van der Waals surface area contributed by atoms with E-state index in [2.05, 4.69) is 10.2 Å². The van der Waals surface area contributed by atoms with E-state index in [0.29, 0.717) is 12.6 Å². The Morgan fingerprint density at radius 2 is 1.88 bits per heavy atom. The van der Waals surface area contributed by atoms with Crippen molar-refractivity contribution in [3.8, 4) is 0 Å². The van der Waals surface area contributed by atoms with Gasteiger partial charge < -0.3 is 5.32 Å². The Bertz CT molecular complexity index is 276. The molecule has 0 aromatic carbocycles. The van der Waals surface area contributed by atoms with Crippen molar-refractivity contribution in [1.82, 2.24) is 10.2 Å². The van der Waals surface area contributed by atoms with Crippen molar-refractivity contribution in [2.75, 3.05) is 26.2 Å². The summed E-state index contributed by atoms with van der Waals surface area (Å²) in [4.78, 5) is 2.34. The van der Waals surface area contributed by atoms with E-state index < -0.39 is 11.3 Å². The maximum atomic E-state index is 13.4. The van der Waals surface area contributed by atoms with Gasteiger partial charge in [0.1, 0.15) is 0 Å². The monoisotopic (exact) mass is 230 g/mol. The molecule has 16 heavy (non-hydrogen) atoms. The molecule has 3 fully saturated rings. The summed E-state index contributed by atoms with van der Waals surface area (Å²) >= 11 is 0. The van der Waals surface area contributed by atoms with Crippen molar-refractivity contribution in [3.05, 3.63) is 0 Å². The molecule has 2 aliphatic heterocycles. The molecule has 1 N–H and O–H groups in total. The number of nitrogens with zero attached hydrogens (tertiary/aromatic N) is 1. The predicted octanol–water partition coefficient (Wildman–Crippen LogP) is 1.86. The Balaban J connectivity index is 1.64. The number of halogens is 2. The van der Waals surface area contributed by atoms with Crippen LogP contribution in [0.1, 0.15) is 32.1 Å². The lowest BCUT2D eigenvalue weighted by Crippen LogP contribution is -2.48. The lowest BCUT2D eigenvalue weighted by atomic mass is 9.91. The van der Waals surface area contributed by atoms with Gasteiger partial charge in [0.25, 0.3) is 5.92 Å². The summed E-state index contributed by atoms with van der Waals surface area (Å²) < 4.78 is 26.7. The summed E-state index contributed by atoms with van der Waals surface area (Å²) in [5, 5.41) is 3.33. The molecule has 1 aliphatic carbocycles. The number of likely N-dealkylation sites (tertiary alicyclic amines) is 1. The van der Waals surface area contributed by atoms with E-state index in [1.54, 1.807) is 0 Å². The van der Waals surface area contributed by atoms with Gasteiger partial charge in [-0.15, -0.1) is 0 Å². The van der Waals surface area contributed by atoms with Crippen LogP contribution in [-0.2, 0) is 0 Å². The zero-order chi connectivity index (χ0) is 11.2. The Kier molecular flexibility index (Phi) is 2.48. The number of hydrogen-bond donors (Lipinski definition) is 1. The highest BCUT2D eigenvalue weighted by molar-refractivity contribution is 5.13. The van der Waals surface area contributed by atoms with Crippen LogP contribution < -0.4 is 5.32 Å². The minimum Gasteiger partial charge on any atom is -0.317 e. The average molecular weight is 230 g/mol. The molecule has 2 nitrogen and oxygen atoms in total. The first-order valence-corrected chi connectivity index (χ1v) is 6.46. The highest BCUT2D eigenvalue weighted by Crippen LogP contribution is 2.64. The molecule has 1 saturated carbocycles. The topological polar surface area (TPSA) is 15.3 Å². The van der Waals surface area contributed by atoms with Crippen LogP contribution in [0.4, 0.5) is 8.78 Å². The molecule has 3 rings (SSSR count). The van der Waals surface area contributed by atoms with Crippen LogP contribution in [0.2, 0.25) is 0 Å². The summed E-state index contributed by atoms with van der Waals surface area (Å²) in [5.41, 5.74) is -0.629. The molecule has 2 heterocycles. The Labute approximate surface area is 95.4 Å². The predicted molar refractivity (Wildman–Crippen MR) is 58.7 cm³/mol. The quantitative estimate of drug-likeness (QED) is 0.739. The van der Waals surface area contributed by atoms with Crippen LogP contribution in [0.15, 0.2) is 0 Å². The van der Waals surface area contributed by atoms with E-state index in [1.165, 1.54) is 0 Å². The molecule has 1 spiro atoms. The highest BCUT2D eigenvalue weighted by Gasteiger charge is 2.71. The molecular weight excluding hydrogens is 210 g/mol. The van der Waals surface area contributed by atoms with Crippen molar-refractivity contribution >= 4 is 0 Å². The van der Waals surface area contributed by atoms with E-state index in [-0.39, 0.29) is 6.42 Å². The molecular formula is C12H20F2N2. The summed E-state index contributed by atoms with van der Waals surface area (Å²) in [7, 11) is 0. The fraction of sp³-hybridized carbons (Fsp3) is 1.00. The third kappa shape index (κ3) is 1.66. The third-order valence-corrected chi connectivity index (χ3v) is 4.64. The number of piperidine rings is 2. The van der Waals surface area contributed by atoms with Gasteiger partial charge in [0.2, 0.25) is 0 Å². The largest absolute Gasteiger partial charge is 0.317 e. The van der Waals surface area contributed by atoms with Crippen LogP contribution in [0, 0.1) is 5.41 Å². The second-order valence-corrected chi connectivity index (χ2v) is 5.72. The fourth-order valence-corrected chi connectivity index (χ4v) is 3.47. The van der Waals surface area contributed by atoms with E-state index in [9.17, 15) is 8.78 Å². The SMILES string of the molecule is FC1(F)CC12CCCN(C1CCNCC1)C2. The standard InChI is InChI=1S/C12H20F2N2/c13-12(14)8-11(12)4-1-7-16(9-11)10-2-5-15-6-3-10/h10,15H,1-9H2. The molecule has 3 aliphatic rings. The van der Waals surface area contributed by atoms with Gasteiger partial charge in [-0.1, -0.05) is 0 Å². The van der Waals surface area contributed by atoms with Gasteiger partial charge in [-0.25, -0.2) is 8.78 Å². The zero-order valence-electron chi connectivity index (χ0n) is 9.64. The number of nitrogens with one attached hydrogen (secondary N) is 1. The van der Waals surface area contributed by atoms with E-state index in [0.717, 1.165) is 45.3 Å². The number of alkyl halides is 2. The van der Waals surface area contributed by atoms with Crippen LogP contribution in [0.3, 0.4) is 0 Å². The fourth-order valence-electron chi connectivity index (χ4n) is 3.47. The molecule has 0 aromatic heterocycles. The van der Waals surface area contributed by atoms with Gasteiger partial charge in [-0.2, -0.15) is 0 Å². The number of hydrogen-bond acceptors (Lipinski definition) is 2. The first-order valence-electron chi connectivity index (χ1n) is 6.46.